The largest absolute Gasteiger partial charge is 0.384 e. The molecule has 1 fully saturated rings. The first-order chi connectivity index (χ1) is 11.4. The molecule has 1 aromatic heterocycles. The van der Waals surface area contributed by atoms with E-state index in [9.17, 15) is 18.3 Å². The van der Waals surface area contributed by atoms with Crippen LogP contribution >= 0.6 is 0 Å². The number of anilines is 1. The van der Waals surface area contributed by atoms with E-state index in [1.807, 2.05) is 0 Å². The molecule has 0 bridgehead atoms. The third-order valence-electron chi connectivity index (χ3n) is 4.38. The molecule has 0 radical (unpaired) electrons. The molecule has 1 atom stereocenters. The van der Waals surface area contributed by atoms with E-state index in [0.717, 1.165) is 12.8 Å². The molecule has 1 amide bonds. The Morgan fingerprint density at radius 3 is 2.56 bits per heavy atom. The van der Waals surface area contributed by atoms with E-state index in [2.05, 4.69) is 10.5 Å². The van der Waals surface area contributed by atoms with E-state index in [0.29, 0.717) is 13.0 Å². The molecule has 25 heavy (non-hydrogen) atoms. The zero-order chi connectivity index (χ0) is 18.9. The lowest BCUT2D eigenvalue weighted by Crippen LogP contribution is -2.48. The zero-order valence-corrected chi connectivity index (χ0v) is 15.9. The predicted octanol–water partition coefficient (Wildman–Crippen LogP) is 1.60. The highest BCUT2D eigenvalue weighted by Crippen LogP contribution is 2.26. The van der Waals surface area contributed by atoms with Gasteiger partial charge in [0.1, 0.15) is 16.0 Å². The molecule has 0 spiro atoms. The summed E-state index contributed by atoms with van der Waals surface area (Å²) in [6.07, 6.45) is 2.14. The van der Waals surface area contributed by atoms with Gasteiger partial charge < -0.3 is 14.4 Å². The molecule has 8 nitrogen and oxygen atoms in total. The summed E-state index contributed by atoms with van der Waals surface area (Å²) in [5, 5.41) is 16.0. The molecule has 9 heteroatoms. The zero-order valence-electron chi connectivity index (χ0n) is 15.0. The molecular weight excluding hydrogens is 348 g/mol. The number of sulfone groups is 1. The van der Waals surface area contributed by atoms with Crippen LogP contribution in [0.15, 0.2) is 10.6 Å². The Morgan fingerprint density at radius 1 is 1.36 bits per heavy atom. The number of aliphatic hydroxyl groups is 1. The Morgan fingerprint density at radius 2 is 2.04 bits per heavy atom. The van der Waals surface area contributed by atoms with Crippen molar-refractivity contribution >= 4 is 21.6 Å². The Balaban J connectivity index is 2.09. The molecule has 142 valence electrons. The van der Waals surface area contributed by atoms with Crippen molar-refractivity contribution in [3.05, 3.63) is 11.8 Å². The molecule has 2 heterocycles. The monoisotopic (exact) mass is 374 g/mol. The number of carbonyl (C=O) groups excluding carboxylic acids is 1. The fourth-order valence-corrected chi connectivity index (χ4v) is 3.92. The molecule has 0 unspecified atom stereocenters. The highest BCUT2D eigenvalue weighted by atomic mass is 32.2. The van der Waals surface area contributed by atoms with Gasteiger partial charge in [-0.3, -0.25) is 10.1 Å². The van der Waals surface area contributed by atoms with Crippen LogP contribution in [-0.2, 0) is 25.0 Å². The maximum absolute atomic E-state index is 12.7. The third-order valence-corrected chi connectivity index (χ3v) is 6.93. The normalized spacial score (nSPS) is 19.6. The molecule has 2 N–H and O–H groups in total. The second-order valence-electron chi connectivity index (χ2n) is 7.37. The summed E-state index contributed by atoms with van der Waals surface area (Å²) in [7, 11) is -3.75. The van der Waals surface area contributed by atoms with Crippen molar-refractivity contribution in [3.63, 3.8) is 0 Å². The second kappa shape index (κ2) is 7.05. The maximum atomic E-state index is 12.7. The van der Waals surface area contributed by atoms with Crippen LogP contribution in [-0.4, -0.2) is 47.8 Å². The Kier molecular flexibility index (Phi) is 5.60. The van der Waals surface area contributed by atoms with Crippen LogP contribution in [0, 0.1) is 0 Å². The summed E-state index contributed by atoms with van der Waals surface area (Å²) in [5.74, 6) is -0.931. The van der Waals surface area contributed by atoms with Crippen LogP contribution in [0.3, 0.4) is 0 Å². The van der Waals surface area contributed by atoms with Crippen molar-refractivity contribution in [1.82, 2.24) is 5.16 Å². The van der Waals surface area contributed by atoms with Gasteiger partial charge in [0.15, 0.2) is 9.84 Å². The molecule has 2 rings (SSSR count). The van der Waals surface area contributed by atoms with Gasteiger partial charge >= 0.3 is 0 Å². The Labute approximate surface area is 147 Å². The minimum atomic E-state index is -3.75. The smallest absolute Gasteiger partial charge is 0.247 e. The quantitative estimate of drug-likeness (QED) is 0.776. The van der Waals surface area contributed by atoms with E-state index < -0.39 is 26.1 Å². The van der Waals surface area contributed by atoms with Crippen LogP contribution in [0.25, 0.3) is 0 Å². The number of amides is 1. The molecular formula is C16H26N2O6S. The number of aromatic nitrogens is 1. The first-order valence-electron chi connectivity index (χ1n) is 8.28. The summed E-state index contributed by atoms with van der Waals surface area (Å²) < 4.78 is 34.2. The number of hydrogen-bond acceptors (Lipinski definition) is 7. The Bertz CT molecular complexity index is 711. The standard InChI is InChI=1S/C16H26N2O6S/c1-15(2,20)12-9-13(24-18-12)17-14(19)16(3,4)25(21,22)10-11-7-5-6-8-23-11/h9,11,20H,5-8,10H2,1-4H3,(H,17,19)/t11-/m1/s1. The van der Waals surface area contributed by atoms with E-state index in [1.165, 1.54) is 33.8 Å². The molecule has 1 aliphatic rings. The van der Waals surface area contributed by atoms with E-state index in [1.54, 1.807) is 0 Å². The topological polar surface area (TPSA) is 119 Å². The lowest BCUT2D eigenvalue weighted by Gasteiger charge is -2.28. The molecule has 0 aliphatic carbocycles. The van der Waals surface area contributed by atoms with Gasteiger partial charge in [-0.25, -0.2) is 8.42 Å². The summed E-state index contributed by atoms with van der Waals surface area (Å²) in [4.78, 5) is 12.5. The summed E-state index contributed by atoms with van der Waals surface area (Å²) >= 11 is 0. The number of ether oxygens (including phenoxy) is 1. The van der Waals surface area contributed by atoms with Gasteiger partial charge in [0.2, 0.25) is 11.8 Å². The molecule has 1 aliphatic heterocycles. The van der Waals surface area contributed by atoms with Gasteiger partial charge in [-0.1, -0.05) is 5.16 Å². The van der Waals surface area contributed by atoms with Crippen molar-refractivity contribution in [2.24, 2.45) is 0 Å². The predicted molar refractivity (Wildman–Crippen MR) is 91.8 cm³/mol. The summed E-state index contributed by atoms with van der Waals surface area (Å²) in [6.45, 7) is 6.30. The molecule has 0 saturated carbocycles. The lowest BCUT2D eigenvalue weighted by molar-refractivity contribution is -0.118. The molecule has 1 aromatic rings. The molecule has 1 saturated heterocycles. The van der Waals surface area contributed by atoms with Crippen LogP contribution < -0.4 is 5.32 Å². The number of rotatable bonds is 6. The van der Waals surface area contributed by atoms with Crippen molar-refractivity contribution < 1.29 is 27.6 Å². The van der Waals surface area contributed by atoms with Gasteiger partial charge in [-0.05, 0) is 47.0 Å². The van der Waals surface area contributed by atoms with Gasteiger partial charge in [0.05, 0.1) is 11.9 Å². The van der Waals surface area contributed by atoms with Crippen LogP contribution in [0.4, 0.5) is 5.88 Å². The summed E-state index contributed by atoms with van der Waals surface area (Å²) in [6, 6.07) is 1.37. The first-order valence-corrected chi connectivity index (χ1v) is 9.93. The van der Waals surface area contributed by atoms with Gasteiger partial charge in [-0.2, -0.15) is 0 Å². The second-order valence-corrected chi connectivity index (χ2v) is 9.95. The van der Waals surface area contributed by atoms with Gasteiger partial charge in [0.25, 0.3) is 0 Å². The highest BCUT2D eigenvalue weighted by molar-refractivity contribution is 7.93. The van der Waals surface area contributed by atoms with E-state index >= 15 is 0 Å². The lowest BCUT2D eigenvalue weighted by atomic mass is 10.1. The van der Waals surface area contributed by atoms with Crippen molar-refractivity contribution in [2.75, 3.05) is 17.7 Å². The fourth-order valence-electron chi connectivity index (χ4n) is 2.42. The fraction of sp³-hybridized carbons (Fsp3) is 0.750. The van der Waals surface area contributed by atoms with Crippen LogP contribution in [0.5, 0.6) is 0 Å². The maximum Gasteiger partial charge on any atom is 0.247 e. The minimum absolute atomic E-state index is 0.0145. The molecule has 0 aromatic carbocycles. The first kappa shape index (κ1) is 19.9. The SMILES string of the molecule is CC(C)(O)c1cc(NC(=O)C(C)(C)S(=O)(=O)C[C@H]2CCCCO2)on1. The number of hydrogen-bond donors (Lipinski definition) is 2. The van der Waals surface area contributed by atoms with Crippen molar-refractivity contribution in [2.45, 2.75) is 63.4 Å². The number of nitrogens with one attached hydrogen (secondary N) is 1. The van der Waals surface area contributed by atoms with E-state index in [4.69, 9.17) is 9.26 Å². The van der Waals surface area contributed by atoms with E-state index in [-0.39, 0.29) is 23.4 Å². The third kappa shape index (κ3) is 4.59. The number of carbonyl (C=O) groups is 1. The number of nitrogens with zero attached hydrogens (tertiary/aromatic N) is 1. The van der Waals surface area contributed by atoms with Crippen LogP contribution in [0.1, 0.15) is 52.7 Å². The van der Waals surface area contributed by atoms with Gasteiger partial charge in [0, 0.05) is 12.7 Å². The van der Waals surface area contributed by atoms with Crippen molar-refractivity contribution in [1.29, 1.82) is 0 Å². The summed E-state index contributed by atoms with van der Waals surface area (Å²) in [5.41, 5.74) is -0.995. The average Bonchev–Trinajstić information content (AvgIpc) is 2.96. The van der Waals surface area contributed by atoms with Crippen LogP contribution in [0.2, 0.25) is 0 Å². The minimum Gasteiger partial charge on any atom is -0.384 e. The Hall–Kier alpha value is -1.45. The van der Waals surface area contributed by atoms with Gasteiger partial charge in [-0.15, -0.1) is 0 Å². The van der Waals surface area contributed by atoms with Crippen molar-refractivity contribution in [3.8, 4) is 0 Å². The average molecular weight is 374 g/mol. The highest BCUT2D eigenvalue weighted by Gasteiger charge is 2.43.